The Morgan fingerprint density at radius 1 is 1.20 bits per heavy atom. The SMILES string of the molecule is CCC12CC1c1c(ncnc1N1CCN(C(=O)CCCC(=O)c3cccs3)CC1)S2. The van der Waals surface area contributed by atoms with Gasteiger partial charge in [0.25, 0.3) is 0 Å². The molecule has 0 aromatic carbocycles. The lowest BCUT2D eigenvalue weighted by molar-refractivity contribution is -0.131. The van der Waals surface area contributed by atoms with Gasteiger partial charge >= 0.3 is 0 Å². The van der Waals surface area contributed by atoms with E-state index in [1.165, 1.54) is 29.7 Å². The fourth-order valence-electron chi connectivity index (χ4n) is 4.72. The molecule has 2 aliphatic heterocycles. The molecule has 8 heteroatoms. The van der Waals surface area contributed by atoms with Crippen molar-refractivity contribution in [1.82, 2.24) is 14.9 Å². The first-order valence-corrected chi connectivity index (χ1v) is 12.4. The van der Waals surface area contributed by atoms with Crippen LogP contribution in [0.15, 0.2) is 28.9 Å². The number of ketones is 1. The van der Waals surface area contributed by atoms with Crippen molar-refractivity contribution in [3.05, 3.63) is 34.3 Å². The zero-order valence-electron chi connectivity index (χ0n) is 17.2. The minimum absolute atomic E-state index is 0.140. The van der Waals surface area contributed by atoms with E-state index in [4.69, 9.17) is 0 Å². The number of hydrogen-bond donors (Lipinski definition) is 0. The summed E-state index contributed by atoms with van der Waals surface area (Å²) in [5.41, 5.74) is 1.34. The second-order valence-corrected chi connectivity index (χ2v) is 10.7. The molecule has 2 fully saturated rings. The largest absolute Gasteiger partial charge is 0.353 e. The molecule has 0 bridgehead atoms. The molecule has 1 saturated heterocycles. The van der Waals surface area contributed by atoms with E-state index in [0.717, 1.165) is 28.8 Å². The van der Waals surface area contributed by atoms with Crippen molar-refractivity contribution in [1.29, 1.82) is 0 Å². The van der Waals surface area contributed by atoms with Crippen molar-refractivity contribution in [2.75, 3.05) is 31.1 Å². The molecule has 4 heterocycles. The lowest BCUT2D eigenvalue weighted by Crippen LogP contribution is -2.49. The molecule has 2 aromatic heterocycles. The summed E-state index contributed by atoms with van der Waals surface area (Å²) < 4.78 is 0.367. The van der Waals surface area contributed by atoms with Crippen LogP contribution in [-0.4, -0.2) is 57.5 Å². The van der Waals surface area contributed by atoms with Crippen LogP contribution in [0.5, 0.6) is 0 Å². The Bertz CT molecular complexity index is 956. The van der Waals surface area contributed by atoms with Gasteiger partial charge in [0.2, 0.25) is 5.91 Å². The van der Waals surface area contributed by atoms with Crippen LogP contribution in [0, 0.1) is 0 Å². The summed E-state index contributed by atoms with van der Waals surface area (Å²) in [6.45, 7) is 5.31. The number of amides is 1. The quantitative estimate of drug-likeness (QED) is 0.477. The average Bonchev–Trinajstić information content (AvgIpc) is 3.12. The van der Waals surface area contributed by atoms with Crippen molar-refractivity contribution in [2.45, 2.75) is 54.7 Å². The third-order valence-electron chi connectivity index (χ3n) is 6.62. The van der Waals surface area contributed by atoms with E-state index < -0.39 is 0 Å². The Balaban J connectivity index is 1.14. The maximum Gasteiger partial charge on any atom is 0.222 e. The number of piperazine rings is 1. The zero-order valence-corrected chi connectivity index (χ0v) is 18.8. The Hall–Kier alpha value is -1.93. The van der Waals surface area contributed by atoms with E-state index >= 15 is 0 Å². The lowest BCUT2D eigenvalue weighted by atomic mass is 10.1. The molecule has 0 N–H and O–H groups in total. The van der Waals surface area contributed by atoms with Crippen molar-refractivity contribution in [2.24, 2.45) is 0 Å². The van der Waals surface area contributed by atoms with E-state index in [1.807, 2.05) is 34.2 Å². The second kappa shape index (κ2) is 7.96. The Morgan fingerprint density at radius 3 is 2.77 bits per heavy atom. The molecule has 2 atom stereocenters. The predicted octanol–water partition coefficient (Wildman–Crippen LogP) is 3.98. The van der Waals surface area contributed by atoms with Crippen LogP contribution in [-0.2, 0) is 4.79 Å². The number of hydrogen-bond acceptors (Lipinski definition) is 7. The summed E-state index contributed by atoms with van der Waals surface area (Å²) in [6.07, 6.45) is 5.61. The topological polar surface area (TPSA) is 66.4 Å². The molecule has 1 saturated carbocycles. The van der Waals surface area contributed by atoms with Gasteiger partial charge in [-0.3, -0.25) is 9.59 Å². The number of thioether (sulfide) groups is 1. The Kier molecular flexibility index (Phi) is 5.31. The van der Waals surface area contributed by atoms with E-state index in [9.17, 15) is 9.59 Å². The molecule has 2 aromatic rings. The van der Waals surface area contributed by atoms with Crippen molar-refractivity contribution >= 4 is 40.6 Å². The minimum Gasteiger partial charge on any atom is -0.353 e. The number of carbonyl (C=O) groups is 2. The highest BCUT2D eigenvalue weighted by Gasteiger charge is 2.61. The van der Waals surface area contributed by atoms with Crippen LogP contribution in [0.2, 0.25) is 0 Å². The summed E-state index contributed by atoms with van der Waals surface area (Å²) >= 11 is 3.40. The van der Waals surface area contributed by atoms with E-state index in [1.54, 1.807) is 6.33 Å². The van der Waals surface area contributed by atoms with Crippen LogP contribution in [0.4, 0.5) is 5.82 Å². The van der Waals surface area contributed by atoms with Crippen LogP contribution < -0.4 is 4.90 Å². The molecule has 2 unspecified atom stereocenters. The normalized spacial score (nSPS) is 24.5. The standard InChI is InChI=1S/C22H26N4O2S2/c1-2-22-13-15(22)19-20(23-14-24-21(19)30-22)26-10-8-25(9-11-26)18(28)7-3-5-16(27)17-6-4-12-29-17/h4,6,12,14-15H,2-3,5,7-11,13H2,1H3. The molecule has 0 spiro atoms. The van der Waals surface area contributed by atoms with Gasteiger partial charge < -0.3 is 9.80 Å². The van der Waals surface area contributed by atoms with Crippen LogP contribution in [0.3, 0.4) is 0 Å². The third kappa shape index (κ3) is 3.54. The van der Waals surface area contributed by atoms with Gasteiger partial charge in [-0.25, -0.2) is 9.97 Å². The number of thiophene rings is 1. The molecule has 0 radical (unpaired) electrons. The van der Waals surface area contributed by atoms with Gasteiger partial charge in [-0.15, -0.1) is 11.3 Å². The van der Waals surface area contributed by atoms with Crippen LogP contribution in [0.1, 0.15) is 60.2 Å². The number of carbonyl (C=O) groups excluding carboxylic acids is 2. The average molecular weight is 443 g/mol. The zero-order chi connectivity index (χ0) is 20.7. The molecule has 5 rings (SSSR count). The number of nitrogens with zero attached hydrogens (tertiary/aromatic N) is 4. The third-order valence-corrected chi connectivity index (χ3v) is 9.20. The summed E-state index contributed by atoms with van der Waals surface area (Å²) in [5.74, 6) is 1.98. The molecular weight excluding hydrogens is 416 g/mol. The van der Waals surface area contributed by atoms with Crippen molar-refractivity contribution in [3.63, 3.8) is 0 Å². The molecule has 1 amide bonds. The fraction of sp³-hybridized carbons (Fsp3) is 0.545. The van der Waals surface area contributed by atoms with Gasteiger partial charge in [-0.05, 0) is 30.7 Å². The first-order valence-electron chi connectivity index (χ1n) is 10.7. The second-order valence-electron chi connectivity index (χ2n) is 8.32. The molecular formula is C22H26N4O2S2. The Morgan fingerprint density at radius 2 is 2.03 bits per heavy atom. The smallest absolute Gasteiger partial charge is 0.222 e. The summed E-state index contributed by atoms with van der Waals surface area (Å²) in [5, 5.41) is 3.07. The van der Waals surface area contributed by atoms with Gasteiger partial charge in [-0.2, -0.15) is 0 Å². The fourth-order valence-corrected chi connectivity index (χ4v) is 6.89. The molecule has 1 aliphatic carbocycles. The summed E-state index contributed by atoms with van der Waals surface area (Å²) in [6, 6.07) is 3.74. The highest BCUT2D eigenvalue weighted by atomic mass is 32.2. The molecule has 6 nitrogen and oxygen atoms in total. The Labute approximate surface area is 185 Å². The van der Waals surface area contributed by atoms with Crippen molar-refractivity contribution < 1.29 is 9.59 Å². The van der Waals surface area contributed by atoms with E-state index in [2.05, 4.69) is 21.8 Å². The molecule has 30 heavy (non-hydrogen) atoms. The molecule has 158 valence electrons. The van der Waals surface area contributed by atoms with Crippen molar-refractivity contribution in [3.8, 4) is 0 Å². The van der Waals surface area contributed by atoms with Gasteiger partial charge in [0, 0.05) is 55.2 Å². The van der Waals surface area contributed by atoms with E-state index in [-0.39, 0.29) is 11.7 Å². The minimum atomic E-state index is 0.140. The van der Waals surface area contributed by atoms with Gasteiger partial charge in [0.05, 0.1) is 4.88 Å². The number of Topliss-reactive ketones (excluding diaryl/α,β-unsaturated/α-hetero) is 1. The maximum atomic E-state index is 12.6. The van der Waals surface area contributed by atoms with E-state index in [0.29, 0.717) is 43.0 Å². The summed E-state index contributed by atoms with van der Waals surface area (Å²) in [7, 11) is 0. The summed E-state index contributed by atoms with van der Waals surface area (Å²) in [4.78, 5) is 38.9. The number of rotatable bonds is 7. The highest BCUT2D eigenvalue weighted by molar-refractivity contribution is 8.01. The van der Waals surface area contributed by atoms with Crippen LogP contribution >= 0.6 is 23.1 Å². The molecule has 3 aliphatic rings. The first-order chi connectivity index (χ1) is 14.6. The first kappa shape index (κ1) is 20.0. The predicted molar refractivity (Wildman–Crippen MR) is 120 cm³/mol. The lowest BCUT2D eigenvalue weighted by Gasteiger charge is -2.36. The number of anilines is 1. The van der Waals surface area contributed by atoms with Crippen LogP contribution in [0.25, 0.3) is 0 Å². The van der Waals surface area contributed by atoms with Gasteiger partial charge in [0.15, 0.2) is 5.78 Å². The highest BCUT2D eigenvalue weighted by Crippen LogP contribution is 2.71. The van der Waals surface area contributed by atoms with Gasteiger partial charge in [-0.1, -0.05) is 24.8 Å². The van der Waals surface area contributed by atoms with Gasteiger partial charge in [0.1, 0.15) is 17.2 Å². The number of aromatic nitrogens is 2. The monoisotopic (exact) mass is 442 g/mol. The maximum absolute atomic E-state index is 12.6. The number of fused-ring (bicyclic) bond motifs is 3.